The largest absolute Gasteiger partial charge is 0.496 e. The van der Waals surface area contributed by atoms with Crippen LogP contribution in [0.3, 0.4) is 0 Å². The van der Waals surface area contributed by atoms with E-state index in [0.29, 0.717) is 16.3 Å². The number of hydrogen-bond donors (Lipinski definition) is 2. The monoisotopic (exact) mass is 460 g/mol. The first kappa shape index (κ1) is 22.1. The Bertz CT molecular complexity index is 1230. The number of nitrogens with zero attached hydrogens (tertiary/aromatic N) is 2. The van der Waals surface area contributed by atoms with Gasteiger partial charge < -0.3 is 4.74 Å². The van der Waals surface area contributed by atoms with Crippen molar-refractivity contribution >= 4 is 44.9 Å². The highest BCUT2D eigenvalue weighted by molar-refractivity contribution is 7.92. The quantitative estimate of drug-likeness (QED) is 0.290. The Labute approximate surface area is 183 Å². The normalized spacial score (nSPS) is 11.3. The minimum Gasteiger partial charge on any atom is -0.496 e. The van der Waals surface area contributed by atoms with Crippen LogP contribution in [-0.4, -0.2) is 26.7 Å². The number of rotatable bonds is 8. The summed E-state index contributed by atoms with van der Waals surface area (Å²) in [6, 6.07) is 16.6. The Morgan fingerprint density at radius 3 is 2.48 bits per heavy atom. The Morgan fingerprint density at radius 1 is 1.10 bits per heavy atom. The summed E-state index contributed by atoms with van der Waals surface area (Å²) in [6.45, 7) is 0. The van der Waals surface area contributed by atoms with Crippen molar-refractivity contribution in [3.05, 3.63) is 87.4 Å². The molecule has 31 heavy (non-hydrogen) atoms. The Morgan fingerprint density at radius 2 is 1.81 bits per heavy atom. The van der Waals surface area contributed by atoms with E-state index in [0.717, 1.165) is 6.07 Å². The summed E-state index contributed by atoms with van der Waals surface area (Å²) in [6.07, 6.45) is 1.44. The van der Waals surface area contributed by atoms with Gasteiger partial charge in [-0.15, -0.1) is 0 Å². The zero-order valence-electron chi connectivity index (χ0n) is 16.2. The molecule has 0 aliphatic rings. The summed E-state index contributed by atoms with van der Waals surface area (Å²) in [7, 11) is -2.54. The van der Waals surface area contributed by atoms with Crippen molar-refractivity contribution in [2.75, 3.05) is 17.3 Å². The summed E-state index contributed by atoms with van der Waals surface area (Å²) in [5.74, 6) is 0.581. The maximum absolute atomic E-state index is 12.6. The fourth-order valence-corrected chi connectivity index (χ4v) is 3.80. The number of hydrogen-bond acceptors (Lipinski definition) is 7. The number of para-hydroxylation sites is 1. The first-order valence-corrected chi connectivity index (χ1v) is 10.7. The van der Waals surface area contributed by atoms with E-state index >= 15 is 0 Å². The van der Waals surface area contributed by atoms with Crippen molar-refractivity contribution in [2.24, 2.45) is 5.10 Å². The molecule has 2 N–H and O–H groups in total. The highest BCUT2D eigenvalue weighted by Gasteiger charge is 2.21. The lowest BCUT2D eigenvalue weighted by Crippen LogP contribution is -2.13. The van der Waals surface area contributed by atoms with Crippen molar-refractivity contribution < 1.29 is 18.1 Å². The molecule has 0 aromatic heterocycles. The maximum Gasteiger partial charge on any atom is 0.295 e. The van der Waals surface area contributed by atoms with Gasteiger partial charge in [0, 0.05) is 22.3 Å². The molecule has 0 aliphatic carbocycles. The molecule has 11 heteroatoms. The van der Waals surface area contributed by atoms with E-state index in [1.807, 2.05) is 0 Å². The van der Waals surface area contributed by atoms with Gasteiger partial charge in [-0.05, 0) is 48.5 Å². The van der Waals surface area contributed by atoms with Crippen LogP contribution in [0.15, 0.2) is 76.7 Å². The first-order valence-electron chi connectivity index (χ1n) is 8.79. The molecule has 0 saturated heterocycles. The Kier molecular flexibility index (Phi) is 6.73. The van der Waals surface area contributed by atoms with Crippen molar-refractivity contribution in [3.63, 3.8) is 0 Å². The van der Waals surface area contributed by atoms with Gasteiger partial charge in [-0.2, -0.15) is 5.10 Å². The number of hydrazone groups is 1. The number of anilines is 2. The van der Waals surface area contributed by atoms with Crippen LogP contribution >= 0.6 is 11.6 Å². The standard InChI is InChI=1S/C20H17ClN4O5S/c1-30-20-5-3-2-4-14(20)13-22-23-18-11-10-17(12-19(18)25(26)27)31(28,29)24-16-8-6-15(21)7-9-16/h2-13,23-24H,1H3/b22-13+. The molecular weight excluding hydrogens is 444 g/mol. The lowest BCUT2D eigenvalue weighted by atomic mass is 10.2. The highest BCUT2D eigenvalue weighted by Crippen LogP contribution is 2.29. The smallest absolute Gasteiger partial charge is 0.295 e. The van der Waals surface area contributed by atoms with Gasteiger partial charge >= 0.3 is 0 Å². The van der Waals surface area contributed by atoms with Crippen LogP contribution in [0.1, 0.15) is 5.56 Å². The summed E-state index contributed by atoms with van der Waals surface area (Å²) in [5.41, 5.74) is 3.09. The molecule has 0 radical (unpaired) electrons. The van der Waals surface area contributed by atoms with Crippen LogP contribution in [0, 0.1) is 10.1 Å². The summed E-state index contributed by atoms with van der Waals surface area (Å²) >= 11 is 5.79. The molecule has 0 heterocycles. The van der Waals surface area contributed by atoms with Crippen LogP contribution in [-0.2, 0) is 10.0 Å². The van der Waals surface area contributed by atoms with Crippen LogP contribution in [0.4, 0.5) is 17.1 Å². The lowest BCUT2D eigenvalue weighted by molar-refractivity contribution is -0.384. The van der Waals surface area contributed by atoms with Gasteiger partial charge in [0.2, 0.25) is 0 Å². The van der Waals surface area contributed by atoms with Gasteiger partial charge in [-0.1, -0.05) is 23.7 Å². The van der Waals surface area contributed by atoms with E-state index in [-0.39, 0.29) is 16.3 Å². The topological polar surface area (TPSA) is 123 Å². The van der Waals surface area contributed by atoms with Crippen molar-refractivity contribution in [3.8, 4) is 5.75 Å². The van der Waals surface area contributed by atoms with Crippen molar-refractivity contribution in [2.45, 2.75) is 4.90 Å². The van der Waals surface area contributed by atoms with Crippen LogP contribution in [0.5, 0.6) is 5.75 Å². The molecule has 0 saturated carbocycles. The van der Waals surface area contributed by atoms with Gasteiger partial charge in [-0.3, -0.25) is 20.3 Å². The zero-order valence-corrected chi connectivity index (χ0v) is 17.7. The number of halogens is 1. The molecule has 0 aliphatic heterocycles. The van der Waals surface area contributed by atoms with E-state index in [1.54, 1.807) is 24.3 Å². The van der Waals surface area contributed by atoms with Crippen LogP contribution < -0.4 is 14.9 Å². The number of nitro benzene ring substituents is 1. The van der Waals surface area contributed by atoms with Crippen molar-refractivity contribution in [1.29, 1.82) is 0 Å². The molecule has 9 nitrogen and oxygen atoms in total. The average Bonchev–Trinajstić information content (AvgIpc) is 2.75. The number of sulfonamides is 1. The third-order valence-electron chi connectivity index (χ3n) is 4.10. The molecule has 0 spiro atoms. The molecule has 160 valence electrons. The number of methoxy groups -OCH3 is 1. The van der Waals surface area contributed by atoms with Gasteiger partial charge in [0.05, 0.1) is 23.1 Å². The highest BCUT2D eigenvalue weighted by atomic mass is 35.5. The second kappa shape index (κ2) is 9.45. The van der Waals surface area contributed by atoms with E-state index in [2.05, 4.69) is 15.2 Å². The molecule has 0 atom stereocenters. The number of ether oxygens (including phenoxy) is 1. The predicted octanol–water partition coefficient (Wildman–Crippen LogP) is 4.50. The maximum atomic E-state index is 12.6. The molecule has 3 rings (SSSR count). The second-order valence-corrected chi connectivity index (χ2v) is 8.28. The van der Waals surface area contributed by atoms with E-state index in [4.69, 9.17) is 16.3 Å². The first-order chi connectivity index (χ1) is 14.8. The van der Waals surface area contributed by atoms with Gasteiger partial charge in [-0.25, -0.2) is 8.42 Å². The number of nitrogens with one attached hydrogen (secondary N) is 2. The van der Waals surface area contributed by atoms with Crippen LogP contribution in [0.25, 0.3) is 0 Å². The minimum atomic E-state index is -4.05. The molecule has 3 aromatic carbocycles. The SMILES string of the molecule is COc1ccccc1/C=N/Nc1ccc(S(=O)(=O)Nc2ccc(Cl)cc2)cc1[N+](=O)[O-]. The molecule has 0 amide bonds. The van der Waals surface area contributed by atoms with E-state index < -0.39 is 20.6 Å². The van der Waals surface area contributed by atoms with E-state index in [9.17, 15) is 18.5 Å². The zero-order chi connectivity index (χ0) is 22.4. The number of benzene rings is 3. The summed E-state index contributed by atoms with van der Waals surface area (Å²) in [5, 5.41) is 15.9. The van der Waals surface area contributed by atoms with E-state index in [1.165, 1.54) is 49.7 Å². The molecule has 0 unspecified atom stereocenters. The lowest BCUT2D eigenvalue weighted by Gasteiger charge is -2.09. The average molecular weight is 461 g/mol. The minimum absolute atomic E-state index is 0.0293. The molecule has 0 fully saturated rings. The molecule has 3 aromatic rings. The summed E-state index contributed by atoms with van der Waals surface area (Å²) in [4.78, 5) is 10.5. The predicted molar refractivity (Wildman–Crippen MR) is 120 cm³/mol. The van der Waals surface area contributed by atoms with Crippen molar-refractivity contribution in [1.82, 2.24) is 0 Å². The fourth-order valence-electron chi connectivity index (χ4n) is 2.60. The van der Waals surface area contributed by atoms with Gasteiger partial charge in [0.25, 0.3) is 15.7 Å². The van der Waals surface area contributed by atoms with Crippen LogP contribution in [0.2, 0.25) is 5.02 Å². The summed E-state index contributed by atoms with van der Waals surface area (Å²) < 4.78 is 32.8. The second-order valence-electron chi connectivity index (χ2n) is 6.16. The fraction of sp³-hybridized carbons (Fsp3) is 0.0500. The third-order valence-corrected chi connectivity index (χ3v) is 5.73. The van der Waals surface area contributed by atoms with Gasteiger partial charge in [0.1, 0.15) is 11.4 Å². The Hall–Kier alpha value is -3.63. The third kappa shape index (κ3) is 5.50. The van der Waals surface area contributed by atoms with Gasteiger partial charge in [0.15, 0.2) is 0 Å². The number of nitro groups is 1. The molecular formula is C20H17ClN4O5S. The Balaban J connectivity index is 1.84. The molecule has 0 bridgehead atoms.